The lowest BCUT2D eigenvalue weighted by molar-refractivity contribution is -0.125. The molecular formula is C21H16N2O3. The van der Waals surface area contributed by atoms with E-state index in [1.54, 1.807) is 30.3 Å². The van der Waals surface area contributed by atoms with E-state index in [1.165, 1.54) is 11.0 Å². The molecule has 0 spiro atoms. The zero-order valence-corrected chi connectivity index (χ0v) is 13.9. The van der Waals surface area contributed by atoms with Crippen molar-refractivity contribution in [3.8, 4) is 0 Å². The van der Waals surface area contributed by atoms with E-state index in [0.717, 1.165) is 5.69 Å². The fraction of sp³-hybridized carbons (Fsp3) is 0.190. The van der Waals surface area contributed by atoms with E-state index in [4.69, 9.17) is 0 Å². The predicted octanol–water partition coefficient (Wildman–Crippen LogP) is 2.19. The lowest BCUT2D eigenvalue weighted by Gasteiger charge is -2.35. The highest BCUT2D eigenvalue weighted by Crippen LogP contribution is 2.48. The van der Waals surface area contributed by atoms with Gasteiger partial charge in [0, 0.05) is 5.69 Å². The number of carbonyl (C=O) groups excluding carboxylic acids is 3. The Morgan fingerprint density at radius 2 is 1.27 bits per heavy atom. The van der Waals surface area contributed by atoms with Gasteiger partial charge in [0.1, 0.15) is 6.04 Å². The normalized spacial score (nSPS) is 29.5. The molecule has 2 amide bonds. The van der Waals surface area contributed by atoms with Crippen LogP contribution in [0.15, 0.2) is 72.8 Å². The maximum Gasteiger partial charge on any atom is 0.240 e. The molecule has 0 radical (unpaired) electrons. The Morgan fingerprint density at radius 1 is 0.692 bits per heavy atom. The maximum atomic E-state index is 13.2. The van der Waals surface area contributed by atoms with Crippen LogP contribution in [0.2, 0.25) is 0 Å². The molecule has 4 atom stereocenters. The second-order valence-electron chi connectivity index (χ2n) is 6.84. The van der Waals surface area contributed by atoms with Gasteiger partial charge in [-0.15, -0.1) is 0 Å². The highest BCUT2D eigenvalue weighted by molar-refractivity contribution is 6.25. The Hall–Kier alpha value is -3.21. The van der Waals surface area contributed by atoms with Crippen molar-refractivity contribution < 1.29 is 14.4 Å². The van der Waals surface area contributed by atoms with Gasteiger partial charge < -0.3 is 4.90 Å². The number of fused-ring (bicyclic) bond motifs is 5. The number of amides is 2. The molecule has 3 heterocycles. The van der Waals surface area contributed by atoms with Crippen molar-refractivity contribution in [1.82, 2.24) is 0 Å². The molecule has 0 aromatic heterocycles. The third kappa shape index (κ3) is 1.88. The summed E-state index contributed by atoms with van der Waals surface area (Å²) >= 11 is 0. The van der Waals surface area contributed by atoms with E-state index < -0.39 is 17.9 Å². The zero-order chi connectivity index (χ0) is 17.8. The number of benzene rings is 2. The van der Waals surface area contributed by atoms with E-state index in [-0.39, 0.29) is 23.6 Å². The van der Waals surface area contributed by atoms with Crippen molar-refractivity contribution >= 4 is 29.0 Å². The first-order valence-electron chi connectivity index (χ1n) is 8.67. The number of ketones is 1. The van der Waals surface area contributed by atoms with Gasteiger partial charge in [0.25, 0.3) is 0 Å². The molecule has 0 N–H and O–H groups in total. The van der Waals surface area contributed by atoms with Gasteiger partial charge in [-0.1, -0.05) is 42.5 Å². The van der Waals surface area contributed by atoms with Gasteiger partial charge in [-0.05, 0) is 30.3 Å². The lowest BCUT2D eigenvalue weighted by Crippen LogP contribution is -2.49. The van der Waals surface area contributed by atoms with E-state index in [1.807, 2.05) is 41.3 Å². The smallest absolute Gasteiger partial charge is 0.240 e. The molecule has 5 rings (SSSR count). The molecule has 5 nitrogen and oxygen atoms in total. The summed E-state index contributed by atoms with van der Waals surface area (Å²) < 4.78 is 0. The molecule has 2 aromatic rings. The zero-order valence-electron chi connectivity index (χ0n) is 13.9. The lowest BCUT2D eigenvalue weighted by atomic mass is 9.90. The Balaban J connectivity index is 1.61. The van der Waals surface area contributed by atoms with Gasteiger partial charge in [0.15, 0.2) is 5.78 Å². The first-order chi connectivity index (χ1) is 12.7. The molecule has 0 saturated carbocycles. The second kappa shape index (κ2) is 5.39. The van der Waals surface area contributed by atoms with Crippen LogP contribution >= 0.6 is 0 Å². The number of hydrogen-bond acceptors (Lipinski definition) is 4. The number of hydrogen-bond donors (Lipinski definition) is 0. The number of imide groups is 1. The van der Waals surface area contributed by atoms with Crippen LogP contribution < -0.4 is 9.80 Å². The van der Waals surface area contributed by atoms with Gasteiger partial charge in [-0.3, -0.25) is 14.4 Å². The highest BCUT2D eigenvalue weighted by Gasteiger charge is 2.64. The average Bonchev–Trinajstić information content (AvgIpc) is 3.09. The summed E-state index contributed by atoms with van der Waals surface area (Å²) in [7, 11) is 0. The minimum absolute atomic E-state index is 0.117. The van der Waals surface area contributed by atoms with Crippen LogP contribution in [0.25, 0.3) is 0 Å². The molecule has 5 heteroatoms. The minimum atomic E-state index is -0.643. The third-order valence-electron chi connectivity index (χ3n) is 5.54. The average molecular weight is 344 g/mol. The Morgan fingerprint density at radius 3 is 1.92 bits per heavy atom. The standard InChI is InChI=1S/C21H16N2O3/c24-16-12-11-15-17-18(19(16)22(15)13-7-3-1-4-8-13)21(26)23(20(17)25)14-9-5-2-6-10-14/h1-12,15,17-19H/t15-,17-,18+,19-/m1/s1. The number of rotatable bonds is 2. The summed E-state index contributed by atoms with van der Waals surface area (Å²) in [4.78, 5) is 42.2. The highest BCUT2D eigenvalue weighted by atomic mass is 16.2. The molecule has 2 bridgehead atoms. The Bertz CT molecular complexity index is 938. The fourth-order valence-corrected chi connectivity index (χ4v) is 4.52. The van der Waals surface area contributed by atoms with Crippen molar-refractivity contribution in [2.45, 2.75) is 12.1 Å². The van der Waals surface area contributed by atoms with Gasteiger partial charge in [-0.2, -0.15) is 0 Å². The van der Waals surface area contributed by atoms with Crippen LogP contribution in [0.3, 0.4) is 0 Å². The van der Waals surface area contributed by atoms with Crippen molar-refractivity contribution in [3.63, 3.8) is 0 Å². The monoisotopic (exact) mass is 344 g/mol. The van der Waals surface area contributed by atoms with Crippen molar-refractivity contribution in [2.24, 2.45) is 11.8 Å². The molecule has 3 aliphatic rings. The van der Waals surface area contributed by atoms with Gasteiger partial charge in [0.2, 0.25) is 11.8 Å². The van der Waals surface area contributed by atoms with Gasteiger partial charge in [0.05, 0.1) is 23.6 Å². The SMILES string of the molecule is O=C1C=C[C@@H]2[C@H]3C(=O)N(c4ccccc4)C(=O)[C@@H]3[C@@H]1N2c1ccccc1. The molecule has 2 fully saturated rings. The second-order valence-corrected chi connectivity index (χ2v) is 6.84. The fourth-order valence-electron chi connectivity index (χ4n) is 4.52. The quantitative estimate of drug-likeness (QED) is 0.784. The summed E-state index contributed by atoms with van der Waals surface area (Å²) in [5.74, 6) is -1.80. The maximum absolute atomic E-state index is 13.2. The van der Waals surface area contributed by atoms with E-state index in [2.05, 4.69) is 0 Å². The molecule has 128 valence electrons. The van der Waals surface area contributed by atoms with E-state index in [0.29, 0.717) is 5.69 Å². The third-order valence-corrected chi connectivity index (χ3v) is 5.54. The minimum Gasteiger partial charge on any atom is -0.353 e. The van der Waals surface area contributed by atoms with Crippen LogP contribution in [-0.2, 0) is 14.4 Å². The summed E-state index contributed by atoms with van der Waals surface area (Å²) in [6.07, 6.45) is 3.30. The molecule has 2 aromatic carbocycles. The van der Waals surface area contributed by atoms with Crippen molar-refractivity contribution in [2.75, 3.05) is 9.80 Å². The number of carbonyl (C=O) groups is 3. The van der Waals surface area contributed by atoms with E-state index in [9.17, 15) is 14.4 Å². The Labute approximate surface area is 150 Å². The first kappa shape index (κ1) is 15.1. The summed E-state index contributed by atoms with van der Waals surface area (Å²) in [6, 6.07) is 17.6. The number of anilines is 2. The van der Waals surface area contributed by atoms with Crippen molar-refractivity contribution in [3.05, 3.63) is 72.8 Å². The van der Waals surface area contributed by atoms with Crippen molar-refractivity contribution in [1.29, 1.82) is 0 Å². The van der Waals surface area contributed by atoms with Gasteiger partial charge in [-0.25, -0.2) is 4.90 Å². The summed E-state index contributed by atoms with van der Waals surface area (Å²) in [5.41, 5.74) is 1.43. The molecule has 2 saturated heterocycles. The Kier molecular flexibility index (Phi) is 3.13. The molecule has 3 aliphatic heterocycles. The molecular weight excluding hydrogens is 328 g/mol. The van der Waals surface area contributed by atoms with E-state index >= 15 is 0 Å². The number of para-hydroxylation sites is 2. The van der Waals surface area contributed by atoms with Crippen LogP contribution in [-0.4, -0.2) is 29.7 Å². The van der Waals surface area contributed by atoms with Crippen LogP contribution in [0.1, 0.15) is 0 Å². The predicted molar refractivity (Wildman–Crippen MR) is 96.6 cm³/mol. The molecule has 26 heavy (non-hydrogen) atoms. The molecule has 0 aliphatic carbocycles. The first-order valence-corrected chi connectivity index (χ1v) is 8.67. The largest absolute Gasteiger partial charge is 0.353 e. The van der Waals surface area contributed by atoms with Crippen LogP contribution in [0, 0.1) is 11.8 Å². The number of nitrogens with zero attached hydrogens (tertiary/aromatic N) is 2. The summed E-state index contributed by atoms with van der Waals surface area (Å²) in [5, 5.41) is 0. The summed E-state index contributed by atoms with van der Waals surface area (Å²) in [6.45, 7) is 0. The van der Waals surface area contributed by atoms with Gasteiger partial charge >= 0.3 is 0 Å². The topological polar surface area (TPSA) is 57.7 Å². The van der Waals surface area contributed by atoms with Crippen LogP contribution in [0.4, 0.5) is 11.4 Å². The van der Waals surface area contributed by atoms with Crippen LogP contribution in [0.5, 0.6) is 0 Å². The molecule has 0 unspecified atom stereocenters.